The summed E-state index contributed by atoms with van der Waals surface area (Å²) in [5, 5.41) is 0. The van der Waals surface area contributed by atoms with Gasteiger partial charge < -0.3 is 5.73 Å². The Morgan fingerprint density at radius 1 is 1.46 bits per heavy atom. The SMILES string of the molecule is NCc1ccnc(I)c1C(F)(F)F. The zero-order chi connectivity index (χ0) is 10.1. The van der Waals surface area contributed by atoms with Crippen LogP contribution in [0.25, 0.3) is 0 Å². The van der Waals surface area contributed by atoms with Gasteiger partial charge in [0.2, 0.25) is 0 Å². The van der Waals surface area contributed by atoms with Crippen molar-refractivity contribution in [1.29, 1.82) is 0 Å². The number of rotatable bonds is 1. The molecule has 1 aromatic heterocycles. The molecule has 0 spiro atoms. The molecule has 1 heterocycles. The number of nitrogens with two attached hydrogens (primary N) is 1. The van der Waals surface area contributed by atoms with Crippen LogP contribution in [0.3, 0.4) is 0 Å². The number of halogens is 4. The molecule has 0 saturated carbocycles. The topological polar surface area (TPSA) is 38.9 Å². The Morgan fingerprint density at radius 2 is 2.08 bits per heavy atom. The summed E-state index contributed by atoms with van der Waals surface area (Å²) < 4.78 is 37.1. The van der Waals surface area contributed by atoms with E-state index in [4.69, 9.17) is 5.73 Å². The minimum atomic E-state index is -4.38. The van der Waals surface area contributed by atoms with Gasteiger partial charge in [-0.15, -0.1) is 0 Å². The standard InChI is InChI=1S/C7H6F3IN2/c8-7(9,10)5-4(3-12)1-2-13-6(5)11/h1-2H,3,12H2. The molecule has 2 N–H and O–H groups in total. The van der Waals surface area contributed by atoms with E-state index in [0.717, 1.165) is 0 Å². The molecule has 0 radical (unpaired) electrons. The van der Waals surface area contributed by atoms with Crippen molar-refractivity contribution in [2.24, 2.45) is 5.73 Å². The fourth-order valence-corrected chi connectivity index (χ4v) is 1.76. The van der Waals surface area contributed by atoms with Gasteiger partial charge in [0, 0.05) is 12.7 Å². The fourth-order valence-electron chi connectivity index (χ4n) is 0.942. The van der Waals surface area contributed by atoms with Crippen molar-refractivity contribution in [1.82, 2.24) is 4.98 Å². The van der Waals surface area contributed by atoms with E-state index in [9.17, 15) is 13.2 Å². The lowest BCUT2D eigenvalue weighted by molar-refractivity contribution is -0.139. The Kier molecular flexibility index (Phi) is 3.12. The van der Waals surface area contributed by atoms with Crippen LogP contribution in [-0.4, -0.2) is 4.98 Å². The average molecular weight is 302 g/mol. The second kappa shape index (κ2) is 3.79. The van der Waals surface area contributed by atoms with Crippen molar-refractivity contribution in [2.75, 3.05) is 0 Å². The van der Waals surface area contributed by atoms with Gasteiger partial charge in [-0.1, -0.05) is 0 Å². The Bertz CT molecular complexity index is 311. The quantitative estimate of drug-likeness (QED) is 0.638. The third-order valence-electron chi connectivity index (χ3n) is 1.49. The largest absolute Gasteiger partial charge is 0.419 e. The Morgan fingerprint density at radius 3 is 2.46 bits per heavy atom. The van der Waals surface area contributed by atoms with Gasteiger partial charge in [0.1, 0.15) is 3.70 Å². The zero-order valence-corrected chi connectivity index (χ0v) is 8.56. The molecule has 13 heavy (non-hydrogen) atoms. The molecule has 0 atom stereocenters. The minimum Gasteiger partial charge on any atom is -0.326 e. The first-order valence-electron chi connectivity index (χ1n) is 3.37. The van der Waals surface area contributed by atoms with Crippen molar-refractivity contribution in [3.8, 4) is 0 Å². The van der Waals surface area contributed by atoms with Gasteiger partial charge in [0.15, 0.2) is 0 Å². The number of aromatic nitrogens is 1. The highest BCUT2D eigenvalue weighted by molar-refractivity contribution is 14.1. The van der Waals surface area contributed by atoms with Gasteiger partial charge in [-0.25, -0.2) is 4.98 Å². The lowest BCUT2D eigenvalue weighted by Crippen LogP contribution is -2.14. The molecule has 0 aliphatic rings. The minimum absolute atomic E-state index is 0.0620. The van der Waals surface area contributed by atoms with E-state index >= 15 is 0 Å². The number of nitrogens with zero attached hydrogens (tertiary/aromatic N) is 1. The molecule has 6 heteroatoms. The van der Waals surface area contributed by atoms with Crippen LogP contribution in [0.1, 0.15) is 11.1 Å². The van der Waals surface area contributed by atoms with Crippen LogP contribution in [0.2, 0.25) is 0 Å². The van der Waals surface area contributed by atoms with E-state index in [2.05, 4.69) is 4.98 Å². The molecule has 72 valence electrons. The summed E-state index contributed by atoms with van der Waals surface area (Å²) in [6.07, 6.45) is -3.06. The summed E-state index contributed by atoms with van der Waals surface area (Å²) in [6.45, 7) is -0.132. The summed E-state index contributed by atoms with van der Waals surface area (Å²) in [5.74, 6) is 0. The van der Waals surface area contributed by atoms with Gasteiger partial charge in [-0.2, -0.15) is 13.2 Å². The second-order valence-electron chi connectivity index (χ2n) is 2.34. The average Bonchev–Trinajstić information content (AvgIpc) is 2.01. The Hall–Kier alpha value is -0.370. The first-order valence-corrected chi connectivity index (χ1v) is 4.45. The fraction of sp³-hybridized carbons (Fsp3) is 0.286. The molecular formula is C7H6F3IN2. The van der Waals surface area contributed by atoms with Crippen LogP contribution in [0.4, 0.5) is 13.2 Å². The first kappa shape index (κ1) is 10.7. The number of alkyl halides is 3. The van der Waals surface area contributed by atoms with E-state index in [0.29, 0.717) is 0 Å². The van der Waals surface area contributed by atoms with E-state index < -0.39 is 11.7 Å². The Balaban J connectivity index is 3.32. The summed E-state index contributed by atoms with van der Waals surface area (Å²) >= 11 is 1.55. The third kappa shape index (κ3) is 2.31. The first-order chi connectivity index (χ1) is 5.96. The van der Waals surface area contributed by atoms with Gasteiger partial charge in [0.05, 0.1) is 5.56 Å². The number of hydrogen-bond donors (Lipinski definition) is 1. The second-order valence-corrected chi connectivity index (χ2v) is 3.36. The van der Waals surface area contributed by atoms with Crippen molar-refractivity contribution >= 4 is 22.6 Å². The maximum Gasteiger partial charge on any atom is 0.419 e. The highest BCUT2D eigenvalue weighted by Gasteiger charge is 2.35. The number of pyridine rings is 1. The van der Waals surface area contributed by atoms with E-state index in [-0.39, 0.29) is 15.8 Å². The van der Waals surface area contributed by atoms with Crippen LogP contribution < -0.4 is 5.73 Å². The molecule has 0 aromatic carbocycles. The van der Waals surface area contributed by atoms with Crippen molar-refractivity contribution in [3.05, 3.63) is 27.1 Å². The van der Waals surface area contributed by atoms with Crippen LogP contribution in [0, 0.1) is 3.70 Å². The van der Waals surface area contributed by atoms with Gasteiger partial charge in [0.25, 0.3) is 0 Å². The van der Waals surface area contributed by atoms with Gasteiger partial charge in [-0.3, -0.25) is 0 Å². The maximum atomic E-state index is 12.4. The lowest BCUT2D eigenvalue weighted by atomic mass is 10.1. The van der Waals surface area contributed by atoms with Crippen molar-refractivity contribution in [3.63, 3.8) is 0 Å². The third-order valence-corrected chi connectivity index (χ3v) is 2.31. The van der Waals surface area contributed by atoms with E-state index in [1.54, 1.807) is 22.6 Å². The predicted octanol–water partition coefficient (Wildman–Crippen LogP) is 2.16. The van der Waals surface area contributed by atoms with E-state index in [1.807, 2.05) is 0 Å². The van der Waals surface area contributed by atoms with Crippen LogP contribution in [0.5, 0.6) is 0 Å². The molecule has 0 saturated heterocycles. The molecular weight excluding hydrogens is 296 g/mol. The van der Waals surface area contributed by atoms with Gasteiger partial charge in [-0.05, 0) is 34.2 Å². The van der Waals surface area contributed by atoms with Crippen LogP contribution in [0.15, 0.2) is 12.3 Å². The zero-order valence-electron chi connectivity index (χ0n) is 6.40. The highest BCUT2D eigenvalue weighted by Crippen LogP contribution is 2.34. The molecule has 0 amide bonds. The smallest absolute Gasteiger partial charge is 0.326 e. The van der Waals surface area contributed by atoms with Crippen molar-refractivity contribution in [2.45, 2.75) is 12.7 Å². The molecule has 0 fully saturated rings. The maximum absolute atomic E-state index is 12.4. The molecule has 1 rings (SSSR count). The summed E-state index contributed by atoms with van der Waals surface area (Å²) in [5.41, 5.74) is 4.54. The van der Waals surface area contributed by atoms with Crippen LogP contribution >= 0.6 is 22.6 Å². The lowest BCUT2D eigenvalue weighted by Gasteiger charge is -2.12. The molecule has 0 aliphatic heterocycles. The molecule has 0 unspecified atom stereocenters. The normalized spacial score (nSPS) is 11.8. The monoisotopic (exact) mass is 302 g/mol. The van der Waals surface area contributed by atoms with Crippen LogP contribution in [-0.2, 0) is 12.7 Å². The Labute approximate surface area is 86.5 Å². The molecule has 2 nitrogen and oxygen atoms in total. The molecule has 1 aromatic rings. The molecule has 0 bridgehead atoms. The van der Waals surface area contributed by atoms with Crippen molar-refractivity contribution < 1.29 is 13.2 Å². The summed E-state index contributed by atoms with van der Waals surface area (Å²) in [7, 11) is 0. The summed E-state index contributed by atoms with van der Waals surface area (Å²) in [4.78, 5) is 3.57. The highest BCUT2D eigenvalue weighted by atomic mass is 127. The molecule has 0 aliphatic carbocycles. The van der Waals surface area contributed by atoms with Gasteiger partial charge >= 0.3 is 6.18 Å². The number of hydrogen-bond acceptors (Lipinski definition) is 2. The van der Waals surface area contributed by atoms with E-state index in [1.165, 1.54) is 12.3 Å². The summed E-state index contributed by atoms with van der Waals surface area (Å²) in [6, 6.07) is 1.28. The predicted molar refractivity (Wildman–Crippen MR) is 49.8 cm³/mol.